The summed E-state index contributed by atoms with van der Waals surface area (Å²) in [6.45, 7) is 0.790. The molecule has 0 radical (unpaired) electrons. The van der Waals surface area contributed by atoms with Gasteiger partial charge in [0, 0.05) is 18.8 Å². The van der Waals surface area contributed by atoms with Gasteiger partial charge >= 0.3 is 5.69 Å². The van der Waals surface area contributed by atoms with E-state index in [0.717, 1.165) is 6.54 Å². The summed E-state index contributed by atoms with van der Waals surface area (Å²) in [6, 6.07) is 5.32. The Labute approximate surface area is 117 Å². The molecular formula is C13H19N3O2S. The van der Waals surface area contributed by atoms with Gasteiger partial charge in [0.15, 0.2) is 0 Å². The number of nitrogens with one attached hydrogen (secondary N) is 2. The number of hydrogen-bond acceptors (Lipinski definition) is 5. The molecule has 0 saturated carbocycles. The lowest BCUT2D eigenvalue weighted by Gasteiger charge is -2.22. The molecule has 1 heterocycles. The van der Waals surface area contributed by atoms with Crippen LogP contribution in [0.3, 0.4) is 0 Å². The van der Waals surface area contributed by atoms with Gasteiger partial charge in [-0.2, -0.15) is 11.8 Å². The quantitative estimate of drug-likeness (QED) is 0.640. The van der Waals surface area contributed by atoms with Crippen molar-refractivity contribution in [3.8, 4) is 0 Å². The number of nitrogens with zero attached hydrogens (tertiary/aromatic N) is 1. The third kappa shape index (κ3) is 3.53. The first-order valence-corrected chi connectivity index (χ1v) is 7.58. The first kappa shape index (κ1) is 14.0. The molecule has 1 aromatic rings. The first-order valence-electron chi connectivity index (χ1n) is 6.53. The molecule has 19 heavy (non-hydrogen) atoms. The van der Waals surface area contributed by atoms with Gasteiger partial charge in [-0.1, -0.05) is 12.5 Å². The molecule has 1 aliphatic heterocycles. The van der Waals surface area contributed by atoms with E-state index >= 15 is 0 Å². The number of anilines is 2. The molecule has 1 atom stereocenters. The number of benzene rings is 1. The van der Waals surface area contributed by atoms with Gasteiger partial charge in [0.25, 0.3) is 0 Å². The van der Waals surface area contributed by atoms with Crippen LogP contribution in [0.1, 0.15) is 19.3 Å². The minimum Gasteiger partial charge on any atom is -0.382 e. The zero-order valence-corrected chi connectivity index (χ0v) is 11.8. The Morgan fingerprint density at radius 1 is 1.42 bits per heavy atom. The number of thioether (sulfide) groups is 1. The van der Waals surface area contributed by atoms with Gasteiger partial charge in [-0.05, 0) is 30.7 Å². The SMILES string of the molecule is CNc1cccc(NCC2CCCCS2)c1[N+](=O)[O-]. The summed E-state index contributed by atoms with van der Waals surface area (Å²) in [5.74, 6) is 1.20. The smallest absolute Gasteiger partial charge is 0.315 e. The molecule has 1 unspecified atom stereocenters. The maximum atomic E-state index is 11.2. The van der Waals surface area contributed by atoms with Crippen molar-refractivity contribution < 1.29 is 4.92 Å². The summed E-state index contributed by atoms with van der Waals surface area (Å²) in [4.78, 5) is 10.8. The molecule has 1 saturated heterocycles. The number of hydrogen-bond donors (Lipinski definition) is 2. The van der Waals surface area contributed by atoms with Crippen LogP contribution in [0.4, 0.5) is 17.1 Å². The minimum atomic E-state index is -0.331. The van der Waals surface area contributed by atoms with Crippen LogP contribution < -0.4 is 10.6 Å². The van der Waals surface area contributed by atoms with Crippen molar-refractivity contribution in [2.24, 2.45) is 0 Å². The predicted molar refractivity (Wildman–Crippen MR) is 81.2 cm³/mol. The van der Waals surface area contributed by atoms with Crippen LogP contribution in [0, 0.1) is 10.1 Å². The van der Waals surface area contributed by atoms with Crippen molar-refractivity contribution >= 4 is 28.8 Å². The van der Waals surface area contributed by atoms with Crippen molar-refractivity contribution in [2.75, 3.05) is 30.0 Å². The largest absolute Gasteiger partial charge is 0.382 e. The van der Waals surface area contributed by atoms with Gasteiger partial charge in [-0.3, -0.25) is 10.1 Å². The summed E-state index contributed by atoms with van der Waals surface area (Å²) < 4.78 is 0. The highest BCUT2D eigenvalue weighted by molar-refractivity contribution is 7.99. The Bertz CT molecular complexity index is 448. The van der Waals surface area contributed by atoms with Crippen LogP contribution in [-0.2, 0) is 0 Å². The van der Waals surface area contributed by atoms with Crippen LogP contribution in [0.15, 0.2) is 18.2 Å². The van der Waals surface area contributed by atoms with Crippen LogP contribution in [0.25, 0.3) is 0 Å². The van der Waals surface area contributed by atoms with Crippen LogP contribution in [0.2, 0.25) is 0 Å². The van der Waals surface area contributed by atoms with E-state index in [0.29, 0.717) is 16.6 Å². The lowest BCUT2D eigenvalue weighted by Crippen LogP contribution is -2.20. The molecule has 5 nitrogen and oxygen atoms in total. The Morgan fingerprint density at radius 2 is 2.21 bits per heavy atom. The second kappa shape index (κ2) is 6.65. The van der Waals surface area contributed by atoms with E-state index in [1.54, 1.807) is 19.2 Å². The predicted octanol–water partition coefficient (Wildman–Crippen LogP) is 3.33. The van der Waals surface area contributed by atoms with Crippen molar-refractivity contribution in [1.82, 2.24) is 0 Å². The highest BCUT2D eigenvalue weighted by Gasteiger charge is 2.20. The van der Waals surface area contributed by atoms with E-state index < -0.39 is 0 Å². The van der Waals surface area contributed by atoms with Crippen molar-refractivity contribution in [2.45, 2.75) is 24.5 Å². The molecule has 0 aromatic heterocycles. The monoisotopic (exact) mass is 281 g/mol. The highest BCUT2D eigenvalue weighted by atomic mass is 32.2. The van der Waals surface area contributed by atoms with Gasteiger partial charge in [0.1, 0.15) is 11.4 Å². The van der Waals surface area contributed by atoms with Crippen LogP contribution >= 0.6 is 11.8 Å². The van der Waals surface area contributed by atoms with Gasteiger partial charge in [0.05, 0.1) is 4.92 Å². The van der Waals surface area contributed by atoms with Crippen molar-refractivity contribution in [3.63, 3.8) is 0 Å². The third-order valence-corrected chi connectivity index (χ3v) is 4.68. The van der Waals surface area contributed by atoms with E-state index in [1.165, 1.54) is 25.0 Å². The Hall–Kier alpha value is -1.43. The van der Waals surface area contributed by atoms with E-state index in [2.05, 4.69) is 10.6 Å². The standard InChI is InChI=1S/C13H19N3O2S/c1-14-11-6-4-7-12(13(11)16(17)18)15-9-10-5-2-3-8-19-10/h4,6-7,10,14-15H,2-3,5,8-9H2,1H3. The molecule has 1 aliphatic rings. The maximum Gasteiger partial charge on any atom is 0.315 e. The summed E-state index contributed by atoms with van der Waals surface area (Å²) in [7, 11) is 1.70. The first-order chi connectivity index (χ1) is 9.22. The van der Waals surface area contributed by atoms with E-state index in [-0.39, 0.29) is 10.6 Å². The topological polar surface area (TPSA) is 67.2 Å². The minimum absolute atomic E-state index is 0.130. The highest BCUT2D eigenvalue weighted by Crippen LogP contribution is 2.33. The normalized spacial score (nSPS) is 18.9. The third-order valence-electron chi connectivity index (χ3n) is 3.28. The van der Waals surface area contributed by atoms with E-state index in [9.17, 15) is 10.1 Å². The molecule has 2 rings (SSSR count). The summed E-state index contributed by atoms with van der Waals surface area (Å²) in [5, 5.41) is 17.8. The molecule has 2 N–H and O–H groups in total. The van der Waals surface area contributed by atoms with Crippen LogP contribution in [0.5, 0.6) is 0 Å². The lowest BCUT2D eigenvalue weighted by atomic mass is 10.1. The number of para-hydroxylation sites is 1. The molecule has 104 valence electrons. The molecular weight excluding hydrogens is 262 g/mol. The molecule has 0 bridgehead atoms. The molecule has 0 amide bonds. The molecule has 1 fully saturated rings. The van der Waals surface area contributed by atoms with Gasteiger partial charge in [0.2, 0.25) is 0 Å². The summed E-state index contributed by atoms with van der Waals surface area (Å²) >= 11 is 1.96. The average molecular weight is 281 g/mol. The van der Waals surface area contributed by atoms with Crippen molar-refractivity contribution in [1.29, 1.82) is 0 Å². The molecule has 6 heteroatoms. The van der Waals surface area contributed by atoms with Crippen LogP contribution in [-0.4, -0.2) is 29.5 Å². The molecule has 0 aliphatic carbocycles. The summed E-state index contributed by atoms with van der Waals surface area (Å²) in [6.07, 6.45) is 3.74. The number of rotatable bonds is 5. The second-order valence-electron chi connectivity index (χ2n) is 4.58. The molecule has 0 spiro atoms. The maximum absolute atomic E-state index is 11.2. The summed E-state index contributed by atoms with van der Waals surface area (Å²) in [5.41, 5.74) is 1.28. The zero-order valence-electron chi connectivity index (χ0n) is 11.0. The Balaban J connectivity index is 2.08. The average Bonchev–Trinajstić information content (AvgIpc) is 2.45. The number of nitro benzene ring substituents is 1. The second-order valence-corrected chi connectivity index (χ2v) is 5.99. The van der Waals surface area contributed by atoms with Crippen molar-refractivity contribution in [3.05, 3.63) is 28.3 Å². The van der Waals surface area contributed by atoms with E-state index in [1.807, 2.05) is 17.8 Å². The van der Waals surface area contributed by atoms with Gasteiger partial charge in [-0.15, -0.1) is 0 Å². The Kier molecular flexibility index (Phi) is 4.90. The fourth-order valence-electron chi connectivity index (χ4n) is 2.28. The lowest BCUT2D eigenvalue weighted by molar-refractivity contribution is -0.383. The zero-order chi connectivity index (χ0) is 13.7. The van der Waals surface area contributed by atoms with Gasteiger partial charge < -0.3 is 10.6 Å². The fourth-order valence-corrected chi connectivity index (χ4v) is 3.52. The molecule has 1 aromatic carbocycles. The fraction of sp³-hybridized carbons (Fsp3) is 0.538. The Morgan fingerprint density at radius 3 is 2.84 bits per heavy atom. The number of nitro groups is 1. The van der Waals surface area contributed by atoms with E-state index in [4.69, 9.17) is 0 Å². The van der Waals surface area contributed by atoms with Gasteiger partial charge in [-0.25, -0.2) is 0 Å².